The first-order valence-corrected chi connectivity index (χ1v) is 4.86. The number of thioether (sulfide) groups is 1. The van der Waals surface area contributed by atoms with Crippen molar-refractivity contribution in [3.05, 3.63) is 18.2 Å². The molecule has 0 fully saturated rings. The normalized spacial score (nSPS) is 14.8. The van der Waals surface area contributed by atoms with Crippen molar-refractivity contribution in [2.45, 2.75) is 4.90 Å². The summed E-state index contributed by atoms with van der Waals surface area (Å²) in [4.78, 5) is 1.27. The van der Waals surface area contributed by atoms with E-state index in [1.54, 1.807) is 0 Å². The van der Waals surface area contributed by atoms with Crippen LogP contribution < -0.4 is 16.6 Å². The van der Waals surface area contributed by atoms with E-state index in [1.165, 1.54) is 10.6 Å². The van der Waals surface area contributed by atoms with Gasteiger partial charge in [0, 0.05) is 28.6 Å². The molecule has 0 radical (unpaired) electrons. The number of rotatable bonds is 1. The summed E-state index contributed by atoms with van der Waals surface area (Å²) >= 11 is 1.86. The molecule has 4 N–H and O–H groups in total. The number of nitrogens with two attached hydrogens (primary N) is 1. The van der Waals surface area contributed by atoms with E-state index in [1.807, 2.05) is 17.8 Å². The third-order valence-corrected chi connectivity index (χ3v) is 2.88. The second kappa shape index (κ2) is 3.25. The maximum atomic E-state index is 5.30. The van der Waals surface area contributed by atoms with Crippen LogP contribution in [0.2, 0.25) is 0 Å². The second-order valence-electron chi connectivity index (χ2n) is 2.63. The van der Waals surface area contributed by atoms with E-state index in [2.05, 4.69) is 22.9 Å². The molecule has 1 aliphatic heterocycles. The molecule has 64 valence electrons. The molecule has 0 aromatic heterocycles. The van der Waals surface area contributed by atoms with Crippen LogP contribution in [0.5, 0.6) is 0 Å². The van der Waals surface area contributed by atoms with Crippen molar-refractivity contribution in [3.8, 4) is 0 Å². The third-order valence-electron chi connectivity index (χ3n) is 1.82. The van der Waals surface area contributed by atoms with Gasteiger partial charge in [0.25, 0.3) is 0 Å². The molecule has 0 saturated heterocycles. The summed E-state index contributed by atoms with van der Waals surface area (Å²) in [6, 6.07) is 6.08. The first-order chi connectivity index (χ1) is 5.90. The van der Waals surface area contributed by atoms with Crippen LogP contribution in [0.3, 0.4) is 0 Å². The highest BCUT2D eigenvalue weighted by atomic mass is 32.2. The monoisotopic (exact) mass is 181 g/mol. The maximum absolute atomic E-state index is 5.30. The number of anilines is 2. The fraction of sp³-hybridized carbons (Fsp3) is 0.250. The zero-order valence-electron chi connectivity index (χ0n) is 6.63. The van der Waals surface area contributed by atoms with Gasteiger partial charge < -0.3 is 10.7 Å². The predicted molar refractivity (Wildman–Crippen MR) is 53.5 cm³/mol. The maximum Gasteiger partial charge on any atom is 0.0497 e. The summed E-state index contributed by atoms with van der Waals surface area (Å²) in [5.41, 5.74) is 4.81. The zero-order valence-corrected chi connectivity index (χ0v) is 7.45. The summed E-state index contributed by atoms with van der Waals surface area (Å²) in [5, 5.41) is 3.32. The molecular formula is C8H11N3S. The number of fused-ring (bicyclic) bond motifs is 1. The summed E-state index contributed by atoms with van der Waals surface area (Å²) < 4.78 is 0. The van der Waals surface area contributed by atoms with E-state index in [0.29, 0.717) is 0 Å². The first-order valence-electron chi connectivity index (χ1n) is 3.87. The minimum Gasteiger partial charge on any atom is -0.383 e. The number of hydrazine groups is 1. The van der Waals surface area contributed by atoms with E-state index in [-0.39, 0.29) is 0 Å². The van der Waals surface area contributed by atoms with Gasteiger partial charge in [0.05, 0.1) is 0 Å². The highest BCUT2D eigenvalue weighted by Crippen LogP contribution is 2.32. The van der Waals surface area contributed by atoms with Gasteiger partial charge in [-0.15, -0.1) is 11.8 Å². The van der Waals surface area contributed by atoms with Crippen LogP contribution in [0.1, 0.15) is 0 Å². The Morgan fingerprint density at radius 3 is 3.25 bits per heavy atom. The standard InChI is InChI=1S/C8H11N3S/c9-11-6-1-2-7-8(5-6)12-4-3-10-7/h1-2,5,10-11H,3-4,9H2. The van der Waals surface area contributed by atoms with E-state index >= 15 is 0 Å². The lowest BCUT2D eigenvalue weighted by Crippen LogP contribution is -2.11. The van der Waals surface area contributed by atoms with Gasteiger partial charge in [0.1, 0.15) is 0 Å². The Balaban J connectivity index is 2.36. The molecule has 0 unspecified atom stereocenters. The molecule has 1 aliphatic rings. The molecule has 0 spiro atoms. The predicted octanol–water partition coefficient (Wildman–Crippen LogP) is 1.49. The molecule has 0 aliphatic carbocycles. The van der Waals surface area contributed by atoms with Gasteiger partial charge in [0.15, 0.2) is 0 Å². The van der Waals surface area contributed by atoms with Crippen LogP contribution >= 0.6 is 11.8 Å². The largest absolute Gasteiger partial charge is 0.383 e. The number of hydrogen-bond donors (Lipinski definition) is 3. The Morgan fingerprint density at radius 2 is 2.42 bits per heavy atom. The van der Waals surface area contributed by atoms with Gasteiger partial charge in [-0.2, -0.15) is 0 Å². The van der Waals surface area contributed by atoms with Crippen molar-refractivity contribution in [3.63, 3.8) is 0 Å². The Bertz CT molecular complexity index is 288. The Morgan fingerprint density at radius 1 is 1.50 bits per heavy atom. The molecule has 0 atom stereocenters. The zero-order chi connectivity index (χ0) is 8.39. The highest BCUT2D eigenvalue weighted by Gasteiger charge is 2.08. The molecule has 2 rings (SSSR count). The van der Waals surface area contributed by atoms with Gasteiger partial charge in [-0.25, -0.2) is 0 Å². The van der Waals surface area contributed by atoms with Gasteiger partial charge in [-0.3, -0.25) is 5.84 Å². The highest BCUT2D eigenvalue weighted by molar-refractivity contribution is 7.99. The topological polar surface area (TPSA) is 50.1 Å². The SMILES string of the molecule is NNc1ccc2c(c1)SCCN2. The minimum absolute atomic E-state index is 0.963. The van der Waals surface area contributed by atoms with E-state index in [0.717, 1.165) is 18.0 Å². The quantitative estimate of drug-likeness (QED) is 0.454. The number of benzene rings is 1. The van der Waals surface area contributed by atoms with Crippen LogP contribution in [0, 0.1) is 0 Å². The Hall–Kier alpha value is -0.870. The molecule has 4 heteroatoms. The average Bonchev–Trinajstić information content (AvgIpc) is 2.17. The molecule has 1 heterocycles. The third kappa shape index (κ3) is 1.35. The summed E-state index contributed by atoms with van der Waals surface area (Å²) in [6.45, 7) is 1.05. The smallest absolute Gasteiger partial charge is 0.0497 e. The summed E-state index contributed by atoms with van der Waals surface area (Å²) in [5.74, 6) is 6.43. The van der Waals surface area contributed by atoms with Crippen LogP contribution in [0.4, 0.5) is 11.4 Å². The Labute approximate surface area is 75.7 Å². The fourth-order valence-electron chi connectivity index (χ4n) is 1.22. The minimum atomic E-state index is 0.963. The average molecular weight is 181 g/mol. The van der Waals surface area contributed by atoms with Crippen molar-refractivity contribution in [2.75, 3.05) is 23.0 Å². The number of hydrogen-bond acceptors (Lipinski definition) is 4. The van der Waals surface area contributed by atoms with E-state index in [4.69, 9.17) is 5.84 Å². The molecule has 0 saturated carbocycles. The fourth-order valence-corrected chi connectivity index (χ4v) is 2.15. The Kier molecular flexibility index (Phi) is 2.10. The second-order valence-corrected chi connectivity index (χ2v) is 3.77. The molecule has 1 aromatic rings. The van der Waals surface area contributed by atoms with Crippen molar-refractivity contribution in [2.24, 2.45) is 5.84 Å². The number of nitrogen functional groups attached to an aromatic ring is 1. The van der Waals surface area contributed by atoms with Crippen LogP contribution in [-0.2, 0) is 0 Å². The van der Waals surface area contributed by atoms with E-state index in [9.17, 15) is 0 Å². The summed E-state index contributed by atoms with van der Waals surface area (Å²) in [6.07, 6.45) is 0. The van der Waals surface area contributed by atoms with Crippen molar-refractivity contribution in [1.29, 1.82) is 0 Å². The van der Waals surface area contributed by atoms with Crippen LogP contribution in [0.15, 0.2) is 23.1 Å². The van der Waals surface area contributed by atoms with Gasteiger partial charge >= 0.3 is 0 Å². The molecule has 0 bridgehead atoms. The molecule has 3 nitrogen and oxygen atoms in total. The van der Waals surface area contributed by atoms with Crippen molar-refractivity contribution in [1.82, 2.24) is 0 Å². The van der Waals surface area contributed by atoms with Gasteiger partial charge in [0.2, 0.25) is 0 Å². The van der Waals surface area contributed by atoms with Crippen molar-refractivity contribution >= 4 is 23.1 Å². The van der Waals surface area contributed by atoms with E-state index < -0.39 is 0 Å². The van der Waals surface area contributed by atoms with Gasteiger partial charge in [-0.05, 0) is 18.2 Å². The van der Waals surface area contributed by atoms with Gasteiger partial charge in [-0.1, -0.05) is 0 Å². The molecule has 1 aromatic carbocycles. The summed E-state index contributed by atoms with van der Waals surface area (Å²) in [7, 11) is 0. The van der Waals surface area contributed by atoms with Crippen LogP contribution in [0.25, 0.3) is 0 Å². The first kappa shape index (κ1) is 7.76. The number of nitrogens with one attached hydrogen (secondary N) is 2. The van der Waals surface area contributed by atoms with Crippen molar-refractivity contribution < 1.29 is 0 Å². The lowest BCUT2D eigenvalue weighted by atomic mass is 10.3. The van der Waals surface area contributed by atoms with Crippen LogP contribution in [-0.4, -0.2) is 12.3 Å². The lowest BCUT2D eigenvalue weighted by molar-refractivity contribution is 1.16. The lowest BCUT2D eigenvalue weighted by Gasteiger charge is -2.17. The molecule has 0 amide bonds. The molecule has 12 heavy (non-hydrogen) atoms. The molecular weight excluding hydrogens is 170 g/mol.